The number of aliphatic carboxylic acids is 1. The van der Waals surface area contributed by atoms with Crippen LogP contribution in [0.1, 0.15) is 29.1 Å². The number of carboxylic acids is 1. The van der Waals surface area contributed by atoms with Crippen LogP contribution < -0.4 is 0 Å². The molecule has 0 aromatic carbocycles. The largest absolute Gasteiger partial charge is 0.480 e. The molecule has 2 aliphatic rings. The molecule has 0 radical (unpaired) electrons. The Balaban J connectivity index is 1.49. The van der Waals surface area contributed by atoms with Gasteiger partial charge in [0.05, 0.1) is 6.61 Å². The fraction of sp³-hybridized carbons (Fsp3) is 0.474. The maximum atomic E-state index is 10.5. The molecule has 1 N–H and O–H groups in total. The van der Waals surface area contributed by atoms with Crippen molar-refractivity contribution in [3.63, 3.8) is 0 Å². The van der Waals surface area contributed by atoms with Gasteiger partial charge in [-0.2, -0.15) is 0 Å². The van der Waals surface area contributed by atoms with Gasteiger partial charge in [0.1, 0.15) is 12.4 Å². The average molecular weight is 373 g/mol. The molecule has 4 heterocycles. The first-order valence-corrected chi connectivity index (χ1v) is 9.92. The molecule has 0 aliphatic carbocycles. The van der Waals surface area contributed by atoms with Crippen molar-refractivity contribution in [3.05, 3.63) is 45.7 Å². The molecule has 1 saturated heterocycles. The average Bonchev–Trinajstić information content (AvgIpc) is 3.26. The Morgan fingerprint density at radius 2 is 2.12 bits per heavy atom. The van der Waals surface area contributed by atoms with Crippen LogP contribution in [0.3, 0.4) is 0 Å². The van der Waals surface area contributed by atoms with Crippen LogP contribution in [0.2, 0.25) is 0 Å². The van der Waals surface area contributed by atoms with Crippen LogP contribution in [0.25, 0.3) is 5.57 Å². The van der Waals surface area contributed by atoms with Gasteiger partial charge in [0, 0.05) is 49.0 Å². The van der Waals surface area contributed by atoms with Gasteiger partial charge in [-0.15, -0.1) is 11.3 Å². The number of ether oxygens (including phenoxy) is 1. The number of thiophene rings is 1. The summed E-state index contributed by atoms with van der Waals surface area (Å²) in [5.41, 5.74) is 4.28. The molecule has 4 rings (SSSR count). The molecule has 6 nitrogen and oxygen atoms in total. The molecule has 2 aromatic heterocycles. The number of fused-ring (bicyclic) bond motifs is 2. The normalized spacial score (nSPS) is 17.7. The molecule has 0 unspecified atom stereocenters. The lowest BCUT2D eigenvalue weighted by molar-refractivity contribution is -0.142. The number of piperidine rings is 1. The molecule has 0 bridgehead atoms. The Morgan fingerprint density at radius 1 is 1.27 bits per heavy atom. The molecule has 0 spiro atoms. The second kappa shape index (κ2) is 7.73. The minimum atomic E-state index is -0.911. The maximum Gasteiger partial charge on any atom is 0.329 e. The van der Waals surface area contributed by atoms with Crippen LogP contribution in [0.4, 0.5) is 0 Å². The topological polar surface area (TPSA) is 67.6 Å². The van der Waals surface area contributed by atoms with Crippen molar-refractivity contribution >= 4 is 22.9 Å². The van der Waals surface area contributed by atoms with Crippen molar-refractivity contribution in [2.45, 2.75) is 25.8 Å². The number of carboxylic acid groups (broad SMARTS) is 1. The van der Waals surface area contributed by atoms with Crippen LogP contribution in [0.15, 0.2) is 29.4 Å². The predicted octanol–water partition coefficient (Wildman–Crippen LogP) is 2.50. The van der Waals surface area contributed by atoms with E-state index in [1.54, 1.807) is 0 Å². The standard InChI is InChI=1S/C19H23N3O3S/c23-16(24)13-25-11-10-21-6-1-14(2-7-21)17-18-15(4-12-26-18)3-8-22-9-5-20-19(17)22/h4-5,9,12H,1-3,6-8,10-11,13H2,(H,23,24). The van der Waals surface area contributed by atoms with Crippen LogP contribution >= 0.6 is 11.3 Å². The summed E-state index contributed by atoms with van der Waals surface area (Å²) in [7, 11) is 0. The fourth-order valence-electron chi connectivity index (χ4n) is 3.78. The third-order valence-electron chi connectivity index (χ3n) is 5.13. The summed E-state index contributed by atoms with van der Waals surface area (Å²) >= 11 is 1.83. The van der Waals surface area contributed by atoms with Crippen LogP contribution in [0.5, 0.6) is 0 Å². The van der Waals surface area contributed by atoms with E-state index in [2.05, 4.69) is 32.1 Å². The molecule has 26 heavy (non-hydrogen) atoms. The van der Waals surface area contributed by atoms with Crippen molar-refractivity contribution < 1.29 is 14.6 Å². The van der Waals surface area contributed by atoms with E-state index >= 15 is 0 Å². The van der Waals surface area contributed by atoms with Gasteiger partial charge in [0.2, 0.25) is 0 Å². The fourth-order valence-corrected chi connectivity index (χ4v) is 4.82. The second-order valence-electron chi connectivity index (χ2n) is 6.74. The van der Waals surface area contributed by atoms with Crippen LogP contribution in [0, 0.1) is 0 Å². The highest BCUT2D eigenvalue weighted by atomic mass is 32.1. The van der Waals surface area contributed by atoms with E-state index in [0.717, 1.165) is 51.3 Å². The van der Waals surface area contributed by atoms with Gasteiger partial charge in [-0.05, 0) is 36.3 Å². The lowest BCUT2D eigenvalue weighted by atomic mass is 9.95. The monoisotopic (exact) mass is 373 g/mol. The zero-order valence-electron chi connectivity index (χ0n) is 14.7. The summed E-state index contributed by atoms with van der Waals surface area (Å²) in [6.45, 7) is 4.00. The van der Waals surface area contributed by atoms with E-state index in [-0.39, 0.29) is 6.61 Å². The number of aryl methyl sites for hydroxylation is 2. The van der Waals surface area contributed by atoms with E-state index < -0.39 is 5.97 Å². The van der Waals surface area contributed by atoms with E-state index in [4.69, 9.17) is 9.84 Å². The number of imidazole rings is 1. The van der Waals surface area contributed by atoms with Gasteiger partial charge in [-0.1, -0.05) is 5.57 Å². The predicted molar refractivity (Wildman–Crippen MR) is 100 cm³/mol. The lowest BCUT2D eigenvalue weighted by Crippen LogP contribution is -2.34. The molecule has 2 aliphatic heterocycles. The van der Waals surface area contributed by atoms with E-state index in [9.17, 15) is 4.79 Å². The van der Waals surface area contributed by atoms with Gasteiger partial charge < -0.3 is 19.3 Å². The SMILES string of the molecule is O=C(O)COCCN1CCC(=C2c3sccc3CCn3ccnc32)CC1. The van der Waals surface area contributed by atoms with E-state index in [0.29, 0.717) is 6.61 Å². The highest BCUT2D eigenvalue weighted by Crippen LogP contribution is 2.38. The number of likely N-dealkylation sites (tertiary alicyclic amines) is 1. The minimum absolute atomic E-state index is 0.215. The molecule has 7 heteroatoms. The Bertz CT molecular complexity index is 769. The summed E-state index contributed by atoms with van der Waals surface area (Å²) in [4.78, 5) is 18.9. The van der Waals surface area contributed by atoms with Gasteiger partial charge in [0.15, 0.2) is 0 Å². The molecular weight excluding hydrogens is 350 g/mol. The van der Waals surface area contributed by atoms with Gasteiger partial charge in [0.25, 0.3) is 0 Å². The van der Waals surface area contributed by atoms with Crippen molar-refractivity contribution in [1.29, 1.82) is 0 Å². The van der Waals surface area contributed by atoms with Crippen molar-refractivity contribution in [1.82, 2.24) is 14.5 Å². The Kier molecular flexibility index (Phi) is 5.19. The molecule has 2 aromatic rings. The Labute approximate surface area is 156 Å². The third kappa shape index (κ3) is 3.60. The highest BCUT2D eigenvalue weighted by molar-refractivity contribution is 7.11. The van der Waals surface area contributed by atoms with E-state index in [1.165, 1.54) is 21.6 Å². The number of nitrogens with zero attached hydrogens (tertiary/aromatic N) is 3. The molecule has 0 saturated carbocycles. The number of hydrogen-bond acceptors (Lipinski definition) is 5. The van der Waals surface area contributed by atoms with Gasteiger partial charge >= 0.3 is 5.97 Å². The zero-order valence-corrected chi connectivity index (χ0v) is 15.5. The first-order chi connectivity index (χ1) is 12.7. The van der Waals surface area contributed by atoms with Gasteiger partial charge in [-0.25, -0.2) is 9.78 Å². The smallest absolute Gasteiger partial charge is 0.329 e. The van der Waals surface area contributed by atoms with Gasteiger partial charge in [-0.3, -0.25) is 0 Å². The number of rotatable bonds is 5. The van der Waals surface area contributed by atoms with Crippen molar-refractivity contribution in [2.75, 3.05) is 32.8 Å². The number of carbonyl (C=O) groups is 1. The van der Waals surface area contributed by atoms with Crippen molar-refractivity contribution in [3.8, 4) is 0 Å². The molecule has 138 valence electrons. The maximum absolute atomic E-state index is 10.5. The highest BCUT2D eigenvalue weighted by Gasteiger charge is 2.25. The summed E-state index contributed by atoms with van der Waals surface area (Å²) in [6.07, 6.45) is 7.10. The number of aromatic nitrogens is 2. The number of hydrogen-bond donors (Lipinski definition) is 1. The molecule has 1 fully saturated rings. The third-order valence-corrected chi connectivity index (χ3v) is 6.10. The first kappa shape index (κ1) is 17.5. The summed E-state index contributed by atoms with van der Waals surface area (Å²) in [5.74, 6) is 0.200. The van der Waals surface area contributed by atoms with E-state index in [1.807, 2.05) is 17.5 Å². The molecular formula is C19H23N3O3S. The van der Waals surface area contributed by atoms with Crippen molar-refractivity contribution in [2.24, 2.45) is 0 Å². The second-order valence-corrected chi connectivity index (χ2v) is 7.65. The first-order valence-electron chi connectivity index (χ1n) is 9.04. The Morgan fingerprint density at radius 3 is 2.92 bits per heavy atom. The summed E-state index contributed by atoms with van der Waals surface area (Å²) < 4.78 is 7.44. The van der Waals surface area contributed by atoms with Crippen LogP contribution in [-0.4, -0.2) is 58.4 Å². The molecule has 0 amide bonds. The minimum Gasteiger partial charge on any atom is -0.480 e. The summed E-state index contributed by atoms with van der Waals surface area (Å²) in [5, 5.41) is 10.8. The molecule has 0 atom stereocenters. The zero-order chi connectivity index (χ0) is 17.9. The summed E-state index contributed by atoms with van der Waals surface area (Å²) in [6, 6.07) is 2.25. The quantitative estimate of drug-likeness (QED) is 0.816. The van der Waals surface area contributed by atoms with Crippen LogP contribution in [-0.2, 0) is 22.5 Å². The Hall–Kier alpha value is -1.96. The lowest BCUT2D eigenvalue weighted by Gasteiger charge is -2.29.